The van der Waals surface area contributed by atoms with Crippen LogP contribution in [0.5, 0.6) is 5.75 Å². The van der Waals surface area contributed by atoms with Gasteiger partial charge in [0.05, 0.1) is 19.8 Å². The Kier molecular flexibility index (Phi) is 7.31. The molecule has 2 N–H and O–H groups in total. The molecule has 28 heavy (non-hydrogen) atoms. The van der Waals surface area contributed by atoms with Gasteiger partial charge in [-0.2, -0.15) is 0 Å². The highest BCUT2D eigenvalue weighted by molar-refractivity contribution is 5.26. The van der Waals surface area contributed by atoms with E-state index < -0.39 is 43.1 Å². The van der Waals surface area contributed by atoms with Crippen molar-refractivity contribution in [2.45, 2.75) is 83.1 Å². The molecule has 0 amide bonds. The topological polar surface area (TPSA) is 86.6 Å². The Balaban J connectivity index is 1.56. The molecule has 2 saturated heterocycles. The van der Waals surface area contributed by atoms with E-state index in [9.17, 15) is 10.2 Å². The molecule has 0 aromatic heterocycles. The van der Waals surface area contributed by atoms with Crippen molar-refractivity contribution in [2.75, 3.05) is 13.2 Å². The molecule has 2 heterocycles. The summed E-state index contributed by atoms with van der Waals surface area (Å²) in [7, 11) is 0. The first-order valence-electron chi connectivity index (χ1n) is 10.1. The fraction of sp³-hybridized carbons (Fsp3) is 0.714. The average Bonchev–Trinajstić information content (AvgIpc) is 3.15. The van der Waals surface area contributed by atoms with E-state index in [1.807, 2.05) is 38.1 Å². The third-order valence-corrected chi connectivity index (χ3v) is 4.98. The van der Waals surface area contributed by atoms with E-state index in [1.54, 1.807) is 0 Å². The van der Waals surface area contributed by atoms with Crippen LogP contribution in [0.3, 0.4) is 0 Å². The van der Waals surface area contributed by atoms with E-state index in [2.05, 4.69) is 6.92 Å². The van der Waals surface area contributed by atoms with Crippen LogP contribution in [0.4, 0.5) is 0 Å². The summed E-state index contributed by atoms with van der Waals surface area (Å²) in [5.41, 5.74) is 0.972. The summed E-state index contributed by atoms with van der Waals surface area (Å²) < 4.78 is 29.1. The van der Waals surface area contributed by atoms with E-state index in [-0.39, 0.29) is 0 Å². The van der Waals surface area contributed by atoms with Crippen LogP contribution in [-0.2, 0) is 25.6 Å². The first-order valence-corrected chi connectivity index (χ1v) is 10.1. The molecule has 0 aliphatic carbocycles. The van der Waals surface area contributed by atoms with Crippen molar-refractivity contribution in [1.82, 2.24) is 0 Å². The third-order valence-electron chi connectivity index (χ3n) is 4.98. The smallest absolute Gasteiger partial charge is 0.190 e. The Morgan fingerprint density at radius 1 is 1.14 bits per heavy atom. The van der Waals surface area contributed by atoms with E-state index in [4.69, 9.17) is 23.7 Å². The molecule has 7 heteroatoms. The van der Waals surface area contributed by atoms with Gasteiger partial charge in [0.1, 0.15) is 30.2 Å². The van der Waals surface area contributed by atoms with Crippen LogP contribution in [0.2, 0.25) is 0 Å². The van der Waals surface area contributed by atoms with Crippen molar-refractivity contribution >= 4 is 0 Å². The van der Waals surface area contributed by atoms with Gasteiger partial charge in [0.15, 0.2) is 12.1 Å². The van der Waals surface area contributed by atoms with Crippen LogP contribution in [0.25, 0.3) is 0 Å². The summed E-state index contributed by atoms with van der Waals surface area (Å²) in [6, 6.07) is 7.76. The summed E-state index contributed by atoms with van der Waals surface area (Å²) in [5, 5.41) is 19.4. The number of rotatable bonds is 10. The molecular formula is C21H32O7. The second-order valence-corrected chi connectivity index (χ2v) is 7.79. The largest absolute Gasteiger partial charge is 0.494 e. The predicted octanol–water partition coefficient (Wildman–Crippen LogP) is 2.37. The second kappa shape index (κ2) is 9.52. The molecular weight excluding hydrogens is 364 g/mol. The molecule has 2 fully saturated rings. The molecule has 1 aromatic carbocycles. The summed E-state index contributed by atoms with van der Waals surface area (Å²) in [6.45, 7) is 6.41. The third kappa shape index (κ3) is 5.23. The maximum atomic E-state index is 10.1. The van der Waals surface area contributed by atoms with Crippen LogP contribution in [0.15, 0.2) is 24.3 Å². The predicted molar refractivity (Wildman–Crippen MR) is 102 cm³/mol. The van der Waals surface area contributed by atoms with Gasteiger partial charge in [-0.05, 0) is 38.0 Å². The first-order chi connectivity index (χ1) is 13.4. The average molecular weight is 396 g/mol. The lowest BCUT2D eigenvalue weighted by Crippen LogP contribution is -2.44. The normalized spacial score (nSPS) is 29.6. The van der Waals surface area contributed by atoms with Gasteiger partial charge in [-0.25, -0.2) is 0 Å². The Bertz CT molecular complexity index is 603. The molecule has 2 aliphatic heterocycles. The maximum absolute atomic E-state index is 10.1. The number of benzene rings is 1. The molecule has 3 rings (SSSR count). The lowest BCUT2D eigenvalue weighted by atomic mass is 10.1. The molecule has 0 spiro atoms. The minimum atomic E-state index is -1.06. The highest BCUT2D eigenvalue weighted by Gasteiger charge is 2.56. The summed E-state index contributed by atoms with van der Waals surface area (Å²) in [4.78, 5) is 0. The number of ether oxygens (including phenoxy) is 5. The van der Waals surface area contributed by atoms with Crippen molar-refractivity contribution < 1.29 is 33.9 Å². The molecule has 0 unspecified atom stereocenters. The van der Waals surface area contributed by atoms with Gasteiger partial charge in [0.2, 0.25) is 0 Å². The van der Waals surface area contributed by atoms with Crippen LogP contribution in [-0.4, -0.2) is 59.9 Å². The molecule has 7 nitrogen and oxygen atoms in total. The number of aliphatic hydroxyl groups excluding tert-OH is 2. The molecule has 0 bridgehead atoms. The van der Waals surface area contributed by atoms with Crippen molar-refractivity contribution in [2.24, 2.45) is 0 Å². The number of hydrogen-bond donors (Lipinski definition) is 2. The van der Waals surface area contributed by atoms with Gasteiger partial charge >= 0.3 is 0 Å². The van der Waals surface area contributed by atoms with Gasteiger partial charge in [0, 0.05) is 0 Å². The van der Waals surface area contributed by atoms with Crippen LogP contribution in [0, 0.1) is 0 Å². The highest BCUT2D eigenvalue weighted by Crippen LogP contribution is 2.39. The number of hydrogen-bond acceptors (Lipinski definition) is 7. The quantitative estimate of drug-likeness (QED) is 0.587. The van der Waals surface area contributed by atoms with E-state index in [0.717, 1.165) is 24.3 Å². The SMILES string of the molecule is CCCCCOc1ccc(CO[C@@H]2[C@H]([C@H](O)CO)O[C@@H]3OC(C)(C)O[C@@H]32)cc1. The number of fused-ring (bicyclic) bond motifs is 1. The van der Waals surface area contributed by atoms with Crippen molar-refractivity contribution in [3.63, 3.8) is 0 Å². The molecule has 0 radical (unpaired) electrons. The van der Waals surface area contributed by atoms with Crippen LogP contribution < -0.4 is 4.74 Å². The first kappa shape index (κ1) is 21.5. The number of aliphatic hydroxyl groups is 2. The second-order valence-electron chi connectivity index (χ2n) is 7.79. The molecule has 158 valence electrons. The lowest BCUT2D eigenvalue weighted by molar-refractivity contribution is -0.232. The Hall–Kier alpha value is -1.22. The maximum Gasteiger partial charge on any atom is 0.190 e. The van der Waals surface area contributed by atoms with Crippen LogP contribution >= 0.6 is 0 Å². The van der Waals surface area contributed by atoms with Crippen molar-refractivity contribution in [1.29, 1.82) is 0 Å². The van der Waals surface area contributed by atoms with Gasteiger partial charge < -0.3 is 33.9 Å². The summed E-state index contributed by atoms with van der Waals surface area (Å²) >= 11 is 0. The zero-order valence-electron chi connectivity index (χ0n) is 16.9. The van der Waals surface area contributed by atoms with Crippen molar-refractivity contribution in [3.8, 4) is 5.75 Å². The summed E-state index contributed by atoms with van der Waals surface area (Å²) in [5.74, 6) is 0.0648. The molecule has 1 aromatic rings. The standard InChI is InChI=1S/C21H32O7/c1-4-5-6-11-24-15-9-7-14(8-10-15)13-25-18-17(16(23)12-22)26-20-19(18)27-21(2,3)28-20/h7-10,16-20,22-23H,4-6,11-13H2,1-3H3/t16-,17+,18-,19-,20-/m1/s1. The molecule has 2 aliphatic rings. The fourth-order valence-electron chi connectivity index (χ4n) is 3.52. The monoisotopic (exact) mass is 396 g/mol. The fourth-order valence-corrected chi connectivity index (χ4v) is 3.52. The van der Waals surface area contributed by atoms with Crippen LogP contribution in [0.1, 0.15) is 45.6 Å². The Labute approximate surface area is 166 Å². The van der Waals surface area contributed by atoms with E-state index >= 15 is 0 Å². The van der Waals surface area contributed by atoms with Gasteiger partial charge in [-0.3, -0.25) is 0 Å². The van der Waals surface area contributed by atoms with Gasteiger partial charge in [-0.15, -0.1) is 0 Å². The van der Waals surface area contributed by atoms with Gasteiger partial charge in [-0.1, -0.05) is 31.9 Å². The molecule has 0 saturated carbocycles. The highest BCUT2D eigenvalue weighted by atomic mass is 16.8. The minimum Gasteiger partial charge on any atom is -0.494 e. The summed E-state index contributed by atoms with van der Waals surface area (Å²) in [6.07, 6.45) is -0.00224. The number of unbranched alkanes of at least 4 members (excludes halogenated alkanes) is 2. The minimum absolute atomic E-state index is 0.325. The Morgan fingerprint density at radius 2 is 1.89 bits per heavy atom. The van der Waals surface area contributed by atoms with E-state index in [1.165, 1.54) is 12.8 Å². The Morgan fingerprint density at radius 3 is 2.57 bits per heavy atom. The lowest BCUT2D eigenvalue weighted by Gasteiger charge is -2.28. The molecule has 5 atom stereocenters. The van der Waals surface area contributed by atoms with Crippen molar-refractivity contribution in [3.05, 3.63) is 29.8 Å². The van der Waals surface area contributed by atoms with Gasteiger partial charge in [0.25, 0.3) is 0 Å². The zero-order valence-corrected chi connectivity index (χ0v) is 16.9. The zero-order chi connectivity index (χ0) is 20.1. The van der Waals surface area contributed by atoms with E-state index in [0.29, 0.717) is 6.61 Å².